The lowest BCUT2D eigenvalue weighted by Crippen LogP contribution is -2.38. The van der Waals surface area contributed by atoms with Gasteiger partial charge in [-0.2, -0.15) is 0 Å². The van der Waals surface area contributed by atoms with Crippen LogP contribution in [0.5, 0.6) is 0 Å². The first-order chi connectivity index (χ1) is 8.31. The van der Waals surface area contributed by atoms with Crippen LogP contribution in [0, 0.1) is 17.8 Å². The molecular formula is C14H25ClN2O. The van der Waals surface area contributed by atoms with Gasteiger partial charge in [0.1, 0.15) is 0 Å². The summed E-state index contributed by atoms with van der Waals surface area (Å²) in [6, 6.07) is 0.527. The maximum Gasteiger partial charge on any atom is 0.220 e. The quantitative estimate of drug-likeness (QED) is 0.823. The third-order valence-electron chi connectivity index (χ3n) is 5.04. The normalized spacial score (nSPS) is 37.6. The van der Waals surface area contributed by atoms with E-state index in [2.05, 4.69) is 10.6 Å². The van der Waals surface area contributed by atoms with Crippen LogP contribution >= 0.6 is 12.4 Å². The van der Waals surface area contributed by atoms with Crippen LogP contribution in [0.4, 0.5) is 0 Å². The third-order valence-corrected chi connectivity index (χ3v) is 5.04. The van der Waals surface area contributed by atoms with Crippen molar-refractivity contribution in [1.29, 1.82) is 0 Å². The lowest BCUT2D eigenvalue weighted by molar-refractivity contribution is -0.122. The van der Waals surface area contributed by atoms with E-state index in [1.165, 1.54) is 38.5 Å². The van der Waals surface area contributed by atoms with E-state index in [4.69, 9.17) is 0 Å². The molecule has 0 spiro atoms. The minimum absolute atomic E-state index is 0. The van der Waals surface area contributed by atoms with Gasteiger partial charge in [0.15, 0.2) is 0 Å². The second-order valence-electron chi connectivity index (χ2n) is 6.24. The van der Waals surface area contributed by atoms with E-state index in [1.807, 2.05) is 0 Å². The highest BCUT2D eigenvalue weighted by molar-refractivity contribution is 5.85. The molecule has 4 atom stereocenters. The Morgan fingerprint density at radius 2 is 2.11 bits per heavy atom. The zero-order valence-electron chi connectivity index (χ0n) is 11.0. The second-order valence-corrected chi connectivity index (χ2v) is 6.24. The first-order valence-corrected chi connectivity index (χ1v) is 7.31. The Morgan fingerprint density at radius 3 is 2.72 bits per heavy atom. The Balaban J connectivity index is 0.00000120. The van der Waals surface area contributed by atoms with Crippen LogP contribution in [0.3, 0.4) is 0 Å². The van der Waals surface area contributed by atoms with E-state index in [9.17, 15) is 4.79 Å². The fraction of sp³-hybridized carbons (Fsp3) is 0.929. The number of carbonyl (C=O) groups excluding carboxylic acids is 1. The molecule has 1 amide bonds. The third kappa shape index (κ3) is 3.18. The molecule has 3 rings (SSSR count). The fourth-order valence-corrected chi connectivity index (χ4v) is 4.10. The highest BCUT2D eigenvalue weighted by Gasteiger charge is 2.40. The first kappa shape index (κ1) is 14.1. The minimum Gasteiger partial charge on any atom is -0.355 e. The van der Waals surface area contributed by atoms with E-state index in [0.717, 1.165) is 31.3 Å². The molecule has 104 valence electrons. The van der Waals surface area contributed by atoms with Gasteiger partial charge in [-0.1, -0.05) is 6.42 Å². The predicted octanol–water partition coefficient (Wildman–Crippen LogP) is 2.10. The molecule has 0 aromatic carbocycles. The summed E-state index contributed by atoms with van der Waals surface area (Å²) in [6.45, 7) is 1.95. The van der Waals surface area contributed by atoms with Gasteiger partial charge in [-0.25, -0.2) is 0 Å². The summed E-state index contributed by atoms with van der Waals surface area (Å²) in [5, 5.41) is 6.53. The Bertz CT molecular complexity index is 292. The summed E-state index contributed by atoms with van der Waals surface area (Å²) in [5.41, 5.74) is 0. The lowest BCUT2D eigenvalue weighted by atomic mass is 9.86. The molecule has 3 nitrogen and oxygen atoms in total. The highest BCUT2D eigenvalue weighted by atomic mass is 35.5. The molecule has 1 aliphatic heterocycles. The van der Waals surface area contributed by atoms with Crippen molar-refractivity contribution in [2.24, 2.45) is 17.8 Å². The van der Waals surface area contributed by atoms with Crippen molar-refractivity contribution >= 4 is 18.3 Å². The Hall–Kier alpha value is -0.280. The molecule has 1 saturated heterocycles. The second kappa shape index (κ2) is 6.25. The number of rotatable bonds is 4. The average Bonchev–Trinajstić information content (AvgIpc) is 3.03. The smallest absolute Gasteiger partial charge is 0.220 e. The number of fused-ring (bicyclic) bond motifs is 2. The molecule has 0 aromatic rings. The Labute approximate surface area is 116 Å². The van der Waals surface area contributed by atoms with Gasteiger partial charge < -0.3 is 10.6 Å². The maximum absolute atomic E-state index is 11.9. The SMILES string of the molecule is Cl.O=C(CC1CC2CCC1C2)NCC1CCCN1. The van der Waals surface area contributed by atoms with Crippen LogP contribution in [0.2, 0.25) is 0 Å². The fourth-order valence-electron chi connectivity index (χ4n) is 4.10. The number of amides is 1. The van der Waals surface area contributed by atoms with Crippen LogP contribution in [0.15, 0.2) is 0 Å². The van der Waals surface area contributed by atoms with Gasteiger partial charge in [-0.05, 0) is 56.4 Å². The summed E-state index contributed by atoms with van der Waals surface area (Å²) >= 11 is 0. The summed E-state index contributed by atoms with van der Waals surface area (Å²) in [6.07, 6.45) is 8.79. The number of hydrogen-bond donors (Lipinski definition) is 2. The van der Waals surface area contributed by atoms with Crippen molar-refractivity contribution < 1.29 is 4.79 Å². The zero-order valence-corrected chi connectivity index (χ0v) is 11.8. The molecule has 0 aromatic heterocycles. The molecule has 18 heavy (non-hydrogen) atoms. The van der Waals surface area contributed by atoms with Gasteiger partial charge in [0.25, 0.3) is 0 Å². The van der Waals surface area contributed by atoms with Crippen molar-refractivity contribution in [3.8, 4) is 0 Å². The molecule has 3 aliphatic rings. The van der Waals surface area contributed by atoms with Crippen LogP contribution in [0.1, 0.15) is 44.9 Å². The van der Waals surface area contributed by atoms with Crippen LogP contribution in [0.25, 0.3) is 0 Å². The van der Waals surface area contributed by atoms with E-state index >= 15 is 0 Å². The summed E-state index contributed by atoms with van der Waals surface area (Å²) in [5.74, 6) is 2.81. The van der Waals surface area contributed by atoms with Crippen molar-refractivity contribution in [2.75, 3.05) is 13.1 Å². The molecule has 2 N–H and O–H groups in total. The minimum atomic E-state index is 0. The van der Waals surface area contributed by atoms with Crippen molar-refractivity contribution in [2.45, 2.75) is 51.0 Å². The molecule has 4 unspecified atom stereocenters. The summed E-state index contributed by atoms with van der Waals surface area (Å²) in [4.78, 5) is 11.9. The standard InChI is InChI=1S/C14H24N2O.ClH/c17-14(16-9-13-2-1-5-15-13)8-12-7-10-3-4-11(12)6-10;/h10-13,15H,1-9H2,(H,16,17);1H. The number of carbonyl (C=O) groups is 1. The van der Waals surface area contributed by atoms with E-state index in [0.29, 0.717) is 12.0 Å². The predicted molar refractivity (Wildman–Crippen MR) is 74.8 cm³/mol. The monoisotopic (exact) mass is 272 g/mol. The summed E-state index contributed by atoms with van der Waals surface area (Å²) < 4.78 is 0. The van der Waals surface area contributed by atoms with Gasteiger partial charge in [-0.15, -0.1) is 12.4 Å². The molecule has 2 saturated carbocycles. The number of nitrogens with one attached hydrogen (secondary N) is 2. The molecular weight excluding hydrogens is 248 g/mol. The highest BCUT2D eigenvalue weighted by Crippen LogP contribution is 2.49. The lowest BCUT2D eigenvalue weighted by Gasteiger charge is -2.21. The van der Waals surface area contributed by atoms with E-state index < -0.39 is 0 Å². The molecule has 4 heteroatoms. The average molecular weight is 273 g/mol. The zero-order chi connectivity index (χ0) is 11.7. The molecule has 3 fully saturated rings. The van der Waals surface area contributed by atoms with Crippen LogP contribution < -0.4 is 10.6 Å². The molecule has 0 radical (unpaired) electrons. The first-order valence-electron chi connectivity index (χ1n) is 7.31. The van der Waals surface area contributed by atoms with Crippen LogP contribution in [-0.2, 0) is 4.79 Å². The van der Waals surface area contributed by atoms with Crippen molar-refractivity contribution in [1.82, 2.24) is 10.6 Å². The van der Waals surface area contributed by atoms with Crippen molar-refractivity contribution in [3.05, 3.63) is 0 Å². The molecule has 1 heterocycles. The van der Waals surface area contributed by atoms with E-state index in [1.54, 1.807) is 0 Å². The summed E-state index contributed by atoms with van der Waals surface area (Å²) in [7, 11) is 0. The molecule has 2 aliphatic carbocycles. The Morgan fingerprint density at radius 1 is 1.22 bits per heavy atom. The number of halogens is 1. The van der Waals surface area contributed by atoms with Gasteiger partial charge in [0, 0.05) is 19.0 Å². The van der Waals surface area contributed by atoms with Gasteiger partial charge >= 0.3 is 0 Å². The van der Waals surface area contributed by atoms with Gasteiger partial charge in [0.2, 0.25) is 5.91 Å². The van der Waals surface area contributed by atoms with E-state index in [-0.39, 0.29) is 18.3 Å². The van der Waals surface area contributed by atoms with Gasteiger partial charge in [-0.3, -0.25) is 4.79 Å². The topological polar surface area (TPSA) is 41.1 Å². The van der Waals surface area contributed by atoms with Gasteiger partial charge in [0.05, 0.1) is 0 Å². The largest absolute Gasteiger partial charge is 0.355 e. The Kier molecular flexibility index (Phi) is 4.91. The maximum atomic E-state index is 11.9. The van der Waals surface area contributed by atoms with Crippen LogP contribution in [-0.4, -0.2) is 25.0 Å². The van der Waals surface area contributed by atoms with Crippen molar-refractivity contribution in [3.63, 3.8) is 0 Å². The molecule has 2 bridgehead atoms. The number of hydrogen-bond acceptors (Lipinski definition) is 2.